The van der Waals surface area contributed by atoms with Gasteiger partial charge in [-0.15, -0.1) is 0 Å². The zero-order chi connectivity index (χ0) is 28.7. The van der Waals surface area contributed by atoms with Crippen LogP contribution < -0.4 is 0 Å². The van der Waals surface area contributed by atoms with Gasteiger partial charge in [0.05, 0.1) is 12.6 Å². The van der Waals surface area contributed by atoms with Gasteiger partial charge in [-0.05, 0) is 75.0 Å². The van der Waals surface area contributed by atoms with E-state index in [1.54, 1.807) is 6.07 Å². The van der Waals surface area contributed by atoms with Gasteiger partial charge in [0.1, 0.15) is 11.4 Å². The number of ether oxygens (including phenoxy) is 1. The highest BCUT2D eigenvalue weighted by molar-refractivity contribution is 5.80. The molecule has 3 aliphatic rings. The minimum Gasteiger partial charge on any atom is -0.444 e. The van der Waals surface area contributed by atoms with E-state index in [1.165, 1.54) is 17.2 Å². The number of hydrogen-bond donors (Lipinski definition) is 0. The highest BCUT2D eigenvalue weighted by Crippen LogP contribution is 2.53. The summed E-state index contributed by atoms with van der Waals surface area (Å²) in [7, 11) is 0. The Kier molecular flexibility index (Phi) is 7.97. The smallest absolute Gasteiger partial charge is 0.410 e. The number of carbonyl (C=O) groups excluding carboxylic acids is 2. The van der Waals surface area contributed by atoms with Gasteiger partial charge in [-0.2, -0.15) is 0 Å². The number of rotatable bonds is 5. The lowest BCUT2D eigenvalue weighted by atomic mass is 9.59. The molecule has 3 fully saturated rings. The summed E-state index contributed by atoms with van der Waals surface area (Å²) in [5.74, 6) is 0.229. The van der Waals surface area contributed by atoms with E-state index in [-0.39, 0.29) is 35.3 Å². The number of piperidine rings is 1. The van der Waals surface area contributed by atoms with E-state index in [0.717, 1.165) is 25.7 Å². The van der Waals surface area contributed by atoms with Gasteiger partial charge >= 0.3 is 6.09 Å². The van der Waals surface area contributed by atoms with Crippen LogP contribution in [0.25, 0.3) is 0 Å². The van der Waals surface area contributed by atoms with E-state index in [1.807, 2.05) is 37.8 Å². The van der Waals surface area contributed by atoms with Gasteiger partial charge in [0.2, 0.25) is 5.91 Å². The first-order chi connectivity index (χ1) is 18.9. The molecule has 2 aromatic carbocycles. The fourth-order valence-corrected chi connectivity index (χ4v) is 6.91. The molecule has 1 aliphatic carbocycles. The molecule has 7 heteroatoms. The van der Waals surface area contributed by atoms with Gasteiger partial charge in [-0.25, -0.2) is 9.18 Å². The molecular weight excluding hydrogens is 505 g/mol. The van der Waals surface area contributed by atoms with Gasteiger partial charge in [0.15, 0.2) is 0 Å². The van der Waals surface area contributed by atoms with Crippen LogP contribution in [0.3, 0.4) is 0 Å². The van der Waals surface area contributed by atoms with Crippen molar-refractivity contribution in [2.75, 3.05) is 26.2 Å². The maximum absolute atomic E-state index is 14.5. The van der Waals surface area contributed by atoms with Crippen molar-refractivity contribution in [1.29, 1.82) is 0 Å². The molecule has 0 radical (unpaired) electrons. The van der Waals surface area contributed by atoms with E-state index in [0.29, 0.717) is 44.2 Å². The number of hydrogen-bond acceptors (Lipinski definition) is 4. The molecule has 2 aliphatic heterocycles. The molecule has 1 atom stereocenters. The molecule has 2 amide bonds. The fraction of sp³-hybridized carbons (Fsp3) is 0.576. The van der Waals surface area contributed by atoms with Crippen molar-refractivity contribution in [3.8, 4) is 0 Å². The first-order valence-electron chi connectivity index (χ1n) is 14.8. The van der Waals surface area contributed by atoms with Crippen LogP contribution in [-0.2, 0) is 16.1 Å². The molecular formula is C33H44FN3O3. The standard InChI is InChI=1S/C33H44FN3O3/c1-23(2)26-11-7-8-12-27(26)29-21-35(20-24-10-6-9-13-28(24)34)22-30(38)37(29)25-18-33(19-25)14-16-36(17-15-33)31(39)40-32(3,4)5/h6-13,23,25,29H,14-22H2,1-5H3. The van der Waals surface area contributed by atoms with Gasteiger partial charge in [-0.3, -0.25) is 9.69 Å². The van der Waals surface area contributed by atoms with Crippen LogP contribution in [-0.4, -0.2) is 64.5 Å². The number of carbonyl (C=O) groups is 2. The van der Waals surface area contributed by atoms with Crippen molar-refractivity contribution in [3.05, 3.63) is 71.0 Å². The van der Waals surface area contributed by atoms with Crippen LogP contribution in [0.4, 0.5) is 9.18 Å². The monoisotopic (exact) mass is 549 g/mol. The SMILES string of the molecule is CC(C)c1ccccc1C1CN(Cc2ccccc2F)CC(=O)N1C1CC2(CCN(C(=O)OC(C)(C)C)CC2)C1. The van der Waals surface area contributed by atoms with Crippen LogP contribution in [0, 0.1) is 11.2 Å². The molecule has 2 saturated heterocycles. The summed E-state index contributed by atoms with van der Waals surface area (Å²) in [5, 5.41) is 0. The molecule has 1 spiro atoms. The number of likely N-dealkylation sites (tertiary alicyclic amines) is 1. The lowest BCUT2D eigenvalue weighted by molar-refractivity contribution is -0.153. The molecule has 216 valence electrons. The highest BCUT2D eigenvalue weighted by atomic mass is 19.1. The molecule has 0 bridgehead atoms. The Morgan fingerprint density at radius 3 is 2.35 bits per heavy atom. The maximum Gasteiger partial charge on any atom is 0.410 e. The molecule has 0 aromatic heterocycles. The second kappa shape index (κ2) is 11.2. The van der Waals surface area contributed by atoms with Gasteiger partial charge in [0, 0.05) is 37.8 Å². The third-order valence-corrected chi connectivity index (χ3v) is 8.95. The minimum absolute atomic E-state index is 0.0733. The normalized spacial score (nSPS) is 22.1. The zero-order valence-electron chi connectivity index (χ0n) is 24.7. The zero-order valence-corrected chi connectivity index (χ0v) is 24.7. The van der Waals surface area contributed by atoms with Crippen LogP contribution >= 0.6 is 0 Å². The van der Waals surface area contributed by atoms with Crippen LogP contribution in [0.15, 0.2) is 48.5 Å². The van der Waals surface area contributed by atoms with Gasteiger partial charge in [0.25, 0.3) is 0 Å². The summed E-state index contributed by atoms with van der Waals surface area (Å²) in [6.45, 7) is 12.9. The number of halogens is 1. The summed E-state index contributed by atoms with van der Waals surface area (Å²) in [6, 6.07) is 15.4. The van der Waals surface area contributed by atoms with Crippen molar-refractivity contribution in [2.45, 2.75) is 90.4 Å². The van der Waals surface area contributed by atoms with Crippen molar-refractivity contribution < 1.29 is 18.7 Å². The van der Waals surface area contributed by atoms with Crippen LogP contribution in [0.1, 0.15) is 89.0 Å². The van der Waals surface area contributed by atoms with Crippen molar-refractivity contribution in [2.24, 2.45) is 5.41 Å². The predicted octanol–water partition coefficient (Wildman–Crippen LogP) is 6.51. The van der Waals surface area contributed by atoms with E-state index in [2.05, 4.69) is 47.9 Å². The number of nitrogens with zero attached hydrogens (tertiary/aromatic N) is 3. The van der Waals surface area contributed by atoms with E-state index in [9.17, 15) is 14.0 Å². The molecule has 0 N–H and O–H groups in total. The quantitative estimate of drug-likeness (QED) is 0.426. The Hall–Kier alpha value is -2.93. The Morgan fingerprint density at radius 1 is 1.05 bits per heavy atom. The Bertz CT molecular complexity index is 1220. The highest BCUT2D eigenvalue weighted by Gasteiger charge is 2.52. The van der Waals surface area contributed by atoms with Crippen molar-refractivity contribution in [3.63, 3.8) is 0 Å². The average Bonchev–Trinajstić information content (AvgIpc) is 2.87. The molecule has 40 heavy (non-hydrogen) atoms. The van der Waals surface area contributed by atoms with Gasteiger partial charge < -0.3 is 14.5 Å². The molecule has 2 aromatic rings. The van der Waals surface area contributed by atoms with E-state index >= 15 is 0 Å². The lowest BCUT2D eigenvalue weighted by Crippen LogP contribution is -2.62. The largest absolute Gasteiger partial charge is 0.444 e. The van der Waals surface area contributed by atoms with Crippen LogP contribution in [0.5, 0.6) is 0 Å². The predicted molar refractivity (Wildman–Crippen MR) is 154 cm³/mol. The minimum atomic E-state index is -0.496. The second-order valence-electron chi connectivity index (χ2n) is 13.4. The summed E-state index contributed by atoms with van der Waals surface area (Å²) >= 11 is 0. The molecule has 6 nitrogen and oxygen atoms in total. The van der Waals surface area contributed by atoms with Crippen molar-refractivity contribution >= 4 is 12.0 Å². The van der Waals surface area contributed by atoms with E-state index < -0.39 is 5.60 Å². The summed E-state index contributed by atoms with van der Waals surface area (Å²) < 4.78 is 20.1. The Balaban J connectivity index is 1.32. The number of piperazine rings is 1. The van der Waals surface area contributed by atoms with Crippen LogP contribution in [0.2, 0.25) is 0 Å². The van der Waals surface area contributed by atoms with E-state index in [4.69, 9.17) is 4.74 Å². The lowest BCUT2D eigenvalue weighted by Gasteiger charge is -2.58. The summed E-state index contributed by atoms with van der Waals surface area (Å²) in [5.41, 5.74) is 2.77. The van der Waals surface area contributed by atoms with Gasteiger partial charge in [-0.1, -0.05) is 56.3 Å². The third kappa shape index (κ3) is 6.04. The Labute approximate surface area is 238 Å². The van der Waals surface area contributed by atoms with Crippen molar-refractivity contribution in [1.82, 2.24) is 14.7 Å². The second-order valence-corrected chi connectivity index (χ2v) is 13.4. The molecule has 1 saturated carbocycles. The Morgan fingerprint density at radius 2 is 1.70 bits per heavy atom. The molecule has 2 heterocycles. The fourth-order valence-electron chi connectivity index (χ4n) is 6.91. The molecule has 5 rings (SSSR count). The summed E-state index contributed by atoms with van der Waals surface area (Å²) in [6.07, 6.45) is 3.59. The number of amides is 2. The molecule has 1 unspecified atom stereocenters. The maximum atomic E-state index is 14.5. The topological polar surface area (TPSA) is 53.1 Å². The number of benzene rings is 2. The first kappa shape index (κ1) is 28.6. The average molecular weight is 550 g/mol. The third-order valence-electron chi connectivity index (χ3n) is 8.95. The first-order valence-corrected chi connectivity index (χ1v) is 14.8. The summed E-state index contributed by atoms with van der Waals surface area (Å²) in [4.78, 5) is 32.5.